The Morgan fingerprint density at radius 1 is 1.42 bits per heavy atom. The number of unbranched alkanes of at least 4 members (excludes halogenated alkanes) is 1. The van der Waals surface area contributed by atoms with Crippen LogP contribution in [-0.2, 0) is 4.79 Å². The molecule has 72 valence electrons. The molecule has 0 fully saturated rings. The molecule has 0 aliphatic heterocycles. The summed E-state index contributed by atoms with van der Waals surface area (Å²) in [5.41, 5.74) is 0. The van der Waals surface area contributed by atoms with Crippen molar-refractivity contribution in [2.45, 2.75) is 12.8 Å². The van der Waals surface area contributed by atoms with E-state index in [0.717, 1.165) is 25.9 Å². The smallest absolute Gasteiger partial charge is 0.229 e. The van der Waals surface area contributed by atoms with Gasteiger partial charge >= 0.3 is 0 Å². The molecule has 0 rings (SSSR count). The van der Waals surface area contributed by atoms with Crippen molar-refractivity contribution in [3.05, 3.63) is 0 Å². The van der Waals surface area contributed by atoms with Crippen LogP contribution in [0.1, 0.15) is 12.8 Å². The molecular formula is C8H18N2OS. The van der Waals surface area contributed by atoms with Crippen LogP contribution < -0.4 is 5.32 Å². The lowest BCUT2D eigenvalue weighted by Crippen LogP contribution is -2.26. The molecule has 3 nitrogen and oxygen atoms in total. The zero-order valence-electron chi connectivity index (χ0n) is 7.84. The van der Waals surface area contributed by atoms with Gasteiger partial charge in [-0.3, -0.25) is 4.79 Å². The number of amides is 1. The molecule has 0 atom stereocenters. The molecule has 0 radical (unpaired) electrons. The molecule has 0 bridgehead atoms. The van der Waals surface area contributed by atoms with Crippen molar-refractivity contribution in [1.29, 1.82) is 0 Å². The lowest BCUT2D eigenvalue weighted by molar-refractivity contribution is -0.118. The van der Waals surface area contributed by atoms with Crippen molar-refractivity contribution < 1.29 is 4.79 Å². The van der Waals surface area contributed by atoms with Gasteiger partial charge in [0.05, 0.1) is 5.75 Å². The van der Waals surface area contributed by atoms with Gasteiger partial charge in [0, 0.05) is 6.54 Å². The molecule has 0 aromatic rings. The van der Waals surface area contributed by atoms with E-state index in [0.29, 0.717) is 0 Å². The van der Waals surface area contributed by atoms with Gasteiger partial charge in [-0.2, -0.15) is 12.6 Å². The summed E-state index contributed by atoms with van der Waals surface area (Å²) in [5.74, 6) is 0.302. The molecule has 0 aromatic carbocycles. The van der Waals surface area contributed by atoms with Crippen LogP contribution in [0.2, 0.25) is 0 Å². The molecule has 0 aliphatic carbocycles. The zero-order valence-corrected chi connectivity index (χ0v) is 8.73. The first-order valence-electron chi connectivity index (χ1n) is 4.19. The average molecular weight is 190 g/mol. The molecule has 4 heteroatoms. The fraction of sp³-hybridized carbons (Fsp3) is 0.875. The maximum Gasteiger partial charge on any atom is 0.229 e. The highest BCUT2D eigenvalue weighted by molar-refractivity contribution is 7.81. The van der Waals surface area contributed by atoms with Gasteiger partial charge in [-0.15, -0.1) is 0 Å². The highest BCUT2D eigenvalue weighted by Gasteiger charge is 1.95. The zero-order chi connectivity index (χ0) is 9.40. The molecule has 1 N–H and O–H groups in total. The minimum Gasteiger partial charge on any atom is -0.355 e. The Hall–Kier alpha value is -0.220. The monoisotopic (exact) mass is 190 g/mol. The van der Waals surface area contributed by atoms with Crippen LogP contribution in [0, 0.1) is 0 Å². The van der Waals surface area contributed by atoms with E-state index < -0.39 is 0 Å². The third kappa shape index (κ3) is 7.88. The first kappa shape index (κ1) is 11.8. The molecule has 0 saturated heterocycles. The van der Waals surface area contributed by atoms with Crippen LogP contribution in [0.15, 0.2) is 0 Å². The fourth-order valence-electron chi connectivity index (χ4n) is 0.837. The van der Waals surface area contributed by atoms with Gasteiger partial charge in [-0.25, -0.2) is 0 Å². The second-order valence-electron chi connectivity index (χ2n) is 3.02. The number of hydrogen-bond acceptors (Lipinski definition) is 3. The van der Waals surface area contributed by atoms with Crippen molar-refractivity contribution in [3.63, 3.8) is 0 Å². The normalized spacial score (nSPS) is 10.3. The molecule has 0 unspecified atom stereocenters. The summed E-state index contributed by atoms with van der Waals surface area (Å²) in [6.45, 7) is 1.85. The van der Waals surface area contributed by atoms with Crippen molar-refractivity contribution in [2.75, 3.05) is 32.9 Å². The Bertz CT molecular complexity index is 128. The minimum atomic E-state index is 0.0168. The van der Waals surface area contributed by atoms with Gasteiger partial charge < -0.3 is 10.2 Å². The molecule has 12 heavy (non-hydrogen) atoms. The summed E-state index contributed by atoms with van der Waals surface area (Å²) in [7, 11) is 4.10. The number of carbonyl (C=O) groups is 1. The molecular weight excluding hydrogens is 172 g/mol. The lowest BCUT2D eigenvalue weighted by atomic mass is 10.3. The topological polar surface area (TPSA) is 32.3 Å². The van der Waals surface area contributed by atoms with E-state index >= 15 is 0 Å². The van der Waals surface area contributed by atoms with Gasteiger partial charge in [-0.1, -0.05) is 0 Å². The SMILES string of the molecule is CN(C)CCCCNC(=O)CS. The van der Waals surface area contributed by atoms with Crippen LogP contribution in [0.4, 0.5) is 0 Å². The molecule has 0 spiro atoms. The largest absolute Gasteiger partial charge is 0.355 e. The van der Waals surface area contributed by atoms with Gasteiger partial charge in [-0.05, 0) is 33.5 Å². The number of thiol groups is 1. The lowest BCUT2D eigenvalue weighted by Gasteiger charge is -2.08. The Morgan fingerprint density at radius 2 is 2.08 bits per heavy atom. The van der Waals surface area contributed by atoms with Crippen LogP contribution in [0.25, 0.3) is 0 Å². The fourth-order valence-corrected chi connectivity index (χ4v) is 0.949. The van der Waals surface area contributed by atoms with Crippen LogP contribution in [0.3, 0.4) is 0 Å². The Balaban J connectivity index is 3.05. The summed E-state index contributed by atoms with van der Waals surface area (Å²) >= 11 is 3.85. The van der Waals surface area contributed by atoms with E-state index in [9.17, 15) is 4.79 Å². The standard InChI is InChI=1S/C8H18N2OS/c1-10(2)6-4-3-5-9-8(11)7-12/h12H,3-7H2,1-2H3,(H,9,11). The van der Waals surface area contributed by atoms with Crippen molar-refractivity contribution in [2.24, 2.45) is 0 Å². The first-order chi connectivity index (χ1) is 5.66. The third-order valence-electron chi connectivity index (χ3n) is 1.50. The van der Waals surface area contributed by atoms with Crippen LogP contribution in [0.5, 0.6) is 0 Å². The highest BCUT2D eigenvalue weighted by atomic mass is 32.1. The van der Waals surface area contributed by atoms with Gasteiger partial charge in [0.25, 0.3) is 0 Å². The van der Waals surface area contributed by atoms with E-state index in [1.54, 1.807) is 0 Å². The van der Waals surface area contributed by atoms with E-state index in [4.69, 9.17) is 0 Å². The molecule has 0 saturated carbocycles. The Labute approximate surface area is 79.9 Å². The van der Waals surface area contributed by atoms with Crippen LogP contribution >= 0.6 is 12.6 Å². The second kappa shape index (κ2) is 7.43. The van der Waals surface area contributed by atoms with Crippen molar-refractivity contribution in [3.8, 4) is 0 Å². The summed E-state index contributed by atoms with van der Waals surface area (Å²) in [6.07, 6.45) is 2.16. The summed E-state index contributed by atoms with van der Waals surface area (Å²) in [6, 6.07) is 0. The Morgan fingerprint density at radius 3 is 2.58 bits per heavy atom. The average Bonchev–Trinajstić information content (AvgIpc) is 2.03. The van der Waals surface area contributed by atoms with Gasteiger partial charge in [0.2, 0.25) is 5.91 Å². The molecule has 0 aromatic heterocycles. The molecule has 1 amide bonds. The third-order valence-corrected chi connectivity index (χ3v) is 1.79. The molecule has 0 heterocycles. The Kier molecular flexibility index (Phi) is 7.29. The second-order valence-corrected chi connectivity index (χ2v) is 3.33. The minimum absolute atomic E-state index is 0.0168. The number of nitrogens with zero attached hydrogens (tertiary/aromatic N) is 1. The predicted molar refractivity (Wildman–Crippen MR) is 54.7 cm³/mol. The number of carbonyl (C=O) groups excluding carboxylic acids is 1. The van der Waals surface area contributed by atoms with E-state index in [-0.39, 0.29) is 11.7 Å². The summed E-state index contributed by atoms with van der Waals surface area (Å²) in [4.78, 5) is 12.9. The van der Waals surface area contributed by atoms with Crippen molar-refractivity contribution >= 4 is 18.5 Å². The first-order valence-corrected chi connectivity index (χ1v) is 4.82. The predicted octanol–water partition coefficient (Wildman–Crippen LogP) is 0.374. The van der Waals surface area contributed by atoms with E-state index in [1.165, 1.54) is 0 Å². The van der Waals surface area contributed by atoms with Gasteiger partial charge in [0.1, 0.15) is 0 Å². The van der Waals surface area contributed by atoms with E-state index in [1.807, 2.05) is 14.1 Å². The highest BCUT2D eigenvalue weighted by Crippen LogP contribution is 1.88. The number of nitrogens with one attached hydrogen (secondary N) is 1. The summed E-state index contributed by atoms with van der Waals surface area (Å²) < 4.78 is 0. The quantitative estimate of drug-likeness (QED) is 0.469. The molecule has 0 aliphatic rings. The van der Waals surface area contributed by atoms with E-state index in [2.05, 4.69) is 22.8 Å². The van der Waals surface area contributed by atoms with Crippen molar-refractivity contribution in [1.82, 2.24) is 10.2 Å². The maximum atomic E-state index is 10.7. The number of hydrogen-bond donors (Lipinski definition) is 2. The van der Waals surface area contributed by atoms with Crippen LogP contribution in [-0.4, -0.2) is 43.7 Å². The van der Waals surface area contributed by atoms with Gasteiger partial charge in [0.15, 0.2) is 0 Å². The number of rotatable bonds is 6. The maximum absolute atomic E-state index is 10.7. The summed E-state index contributed by atoms with van der Waals surface area (Å²) in [5, 5.41) is 2.77.